The van der Waals surface area contributed by atoms with Crippen molar-refractivity contribution in [3.63, 3.8) is 0 Å². The summed E-state index contributed by atoms with van der Waals surface area (Å²) >= 11 is 0. The second kappa shape index (κ2) is 8.24. The third-order valence-corrected chi connectivity index (χ3v) is 5.31. The van der Waals surface area contributed by atoms with Gasteiger partial charge in [0.1, 0.15) is 5.76 Å². The van der Waals surface area contributed by atoms with Gasteiger partial charge < -0.3 is 4.42 Å². The van der Waals surface area contributed by atoms with Crippen molar-refractivity contribution in [2.24, 2.45) is 0 Å². The van der Waals surface area contributed by atoms with Crippen molar-refractivity contribution in [1.29, 1.82) is 0 Å². The molecule has 1 heterocycles. The smallest absolute Gasteiger partial charge is 0.107 e. The Labute approximate surface area is 114 Å². The van der Waals surface area contributed by atoms with Crippen molar-refractivity contribution < 1.29 is 24.8 Å². The van der Waals surface area contributed by atoms with Crippen LogP contribution < -0.4 is 0 Å². The summed E-state index contributed by atoms with van der Waals surface area (Å²) < 4.78 is 5.29. The second-order valence-electron chi connectivity index (χ2n) is 4.30. The molecule has 0 saturated heterocycles. The Morgan fingerprint density at radius 3 is 2.31 bits per heavy atom. The van der Waals surface area contributed by atoms with E-state index < -0.39 is 0 Å². The van der Waals surface area contributed by atoms with Gasteiger partial charge in [-0.2, -0.15) is 0 Å². The largest absolute Gasteiger partial charge is 0.469 e. The van der Waals surface area contributed by atoms with E-state index in [-0.39, 0.29) is 28.3 Å². The molecule has 0 aliphatic rings. The Kier molecular flexibility index (Phi) is 8.30. The maximum Gasteiger partial charge on any atom is 0.107 e. The molecule has 16 heavy (non-hydrogen) atoms. The molecule has 1 aromatic rings. The predicted octanol–water partition coefficient (Wildman–Crippen LogP) is 4.63. The molecule has 0 aliphatic carbocycles. The van der Waals surface area contributed by atoms with Crippen molar-refractivity contribution in [2.75, 3.05) is 0 Å². The summed E-state index contributed by atoms with van der Waals surface area (Å²) in [6, 6.07) is 3.97. The summed E-state index contributed by atoms with van der Waals surface area (Å²) in [4.78, 5) is 0. The molecule has 1 aromatic heterocycles. The fraction of sp³-hybridized carbons (Fsp3) is 0.538. The molecule has 0 N–H and O–H groups in total. The number of hydrogen-bond acceptors (Lipinski definition) is 1. The monoisotopic (exact) mass is 330 g/mol. The van der Waals surface area contributed by atoms with Gasteiger partial charge in [-0.1, -0.05) is 47.5 Å². The van der Waals surface area contributed by atoms with Gasteiger partial charge in [0, 0.05) is 26.8 Å². The minimum absolute atomic E-state index is 0. The molecule has 0 amide bonds. The van der Waals surface area contributed by atoms with E-state index in [0.29, 0.717) is 0 Å². The van der Waals surface area contributed by atoms with Crippen LogP contribution in [0.4, 0.5) is 0 Å². The van der Waals surface area contributed by atoms with Crippen LogP contribution in [-0.4, -0.2) is 11.3 Å². The van der Waals surface area contributed by atoms with Gasteiger partial charge in [-0.05, 0) is 23.5 Å². The zero-order valence-electron chi connectivity index (χ0n) is 10.4. The maximum atomic E-state index is 5.29. The Bertz CT molecular complexity index is 283. The normalized spacial score (nSPS) is 11.7. The van der Waals surface area contributed by atoms with E-state index in [9.17, 15) is 0 Å². The molecule has 0 spiro atoms. The minimum atomic E-state index is 0. The molecule has 0 fully saturated rings. The first-order valence-electron chi connectivity index (χ1n) is 5.57. The standard InChI is InChI=1S/C13H21OP.Pd/c1-11(2)15(12(3)4)10-6-8-13-7-5-9-14-13;/h5-7,9-12H,8H2,1-4H3;. The average Bonchev–Trinajstić information content (AvgIpc) is 2.63. The fourth-order valence-corrected chi connectivity index (χ4v) is 3.89. The molecule has 0 unspecified atom stereocenters. The van der Waals surface area contributed by atoms with Gasteiger partial charge in [0.2, 0.25) is 0 Å². The van der Waals surface area contributed by atoms with Gasteiger partial charge >= 0.3 is 0 Å². The zero-order chi connectivity index (χ0) is 11.3. The molecular weight excluding hydrogens is 310 g/mol. The molecule has 0 radical (unpaired) electrons. The molecule has 0 aliphatic heterocycles. The first-order valence-corrected chi connectivity index (χ1v) is 7.12. The summed E-state index contributed by atoms with van der Waals surface area (Å²) in [6.07, 6.45) is 4.91. The van der Waals surface area contributed by atoms with Crippen molar-refractivity contribution in [3.05, 3.63) is 36.0 Å². The van der Waals surface area contributed by atoms with E-state index in [0.717, 1.165) is 23.5 Å². The van der Waals surface area contributed by atoms with E-state index >= 15 is 0 Å². The molecular formula is C13H21OPPd. The van der Waals surface area contributed by atoms with Crippen LogP contribution in [0, 0.1) is 0 Å². The zero-order valence-corrected chi connectivity index (χ0v) is 12.9. The predicted molar refractivity (Wildman–Crippen MR) is 68.7 cm³/mol. The van der Waals surface area contributed by atoms with Gasteiger partial charge in [-0.25, -0.2) is 0 Å². The van der Waals surface area contributed by atoms with E-state index in [1.165, 1.54) is 0 Å². The molecule has 3 heteroatoms. The number of furan rings is 1. The number of rotatable bonds is 5. The maximum absolute atomic E-state index is 5.29. The molecule has 0 aromatic carbocycles. The summed E-state index contributed by atoms with van der Waals surface area (Å²) in [5.74, 6) is 3.45. The van der Waals surface area contributed by atoms with Crippen LogP contribution in [0.2, 0.25) is 0 Å². The summed E-state index contributed by atoms with van der Waals surface area (Å²) in [5.41, 5.74) is 1.54. The second-order valence-corrected chi connectivity index (χ2v) is 7.56. The summed E-state index contributed by atoms with van der Waals surface area (Å²) in [7, 11) is 0.0173. The van der Waals surface area contributed by atoms with Gasteiger partial charge in [-0.15, -0.1) is 0 Å². The Balaban J connectivity index is 0.00000225. The van der Waals surface area contributed by atoms with Gasteiger partial charge in [-0.3, -0.25) is 0 Å². The van der Waals surface area contributed by atoms with Crippen molar-refractivity contribution in [2.45, 2.75) is 45.4 Å². The van der Waals surface area contributed by atoms with Crippen LogP contribution in [0.5, 0.6) is 0 Å². The van der Waals surface area contributed by atoms with Crippen LogP contribution in [0.1, 0.15) is 33.5 Å². The first kappa shape index (κ1) is 16.1. The first-order chi connectivity index (χ1) is 7.11. The molecule has 0 atom stereocenters. The Morgan fingerprint density at radius 1 is 1.25 bits per heavy atom. The van der Waals surface area contributed by atoms with Crippen LogP contribution >= 0.6 is 7.92 Å². The quantitative estimate of drug-likeness (QED) is 0.566. The number of hydrogen-bond donors (Lipinski definition) is 0. The Hall–Kier alpha value is 0.112. The fourth-order valence-electron chi connectivity index (χ4n) is 1.66. The van der Waals surface area contributed by atoms with Gasteiger partial charge in [0.25, 0.3) is 0 Å². The van der Waals surface area contributed by atoms with E-state index in [1.807, 2.05) is 12.1 Å². The van der Waals surface area contributed by atoms with Crippen molar-refractivity contribution >= 4 is 7.92 Å². The van der Waals surface area contributed by atoms with Crippen LogP contribution in [0.3, 0.4) is 0 Å². The SMILES string of the molecule is CC(C)P(C=CCc1ccco1)C(C)C.[Pd]. The number of allylic oxidation sites excluding steroid dienone is 1. The van der Waals surface area contributed by atoms with E-state index in [2.05, 4.69) is 39.6 Å². The average molecular weight is 331 g/mol. The van der Waals surface area contributed by atoms with Crippen LogP contribution in [-0.2, 0) is 26.8 Å². The molecule has 0 saturated carbocycles. The van der Waals surface area contributed by atoms with Crippen molar-refractivity contribution in [1.82, 2.24) is 0 Å². The van der Waals surface area contributed by atoms with E-state index in [4.69, 9.17) is 4.42 Å². The molecule has 94 valence electrons. The molecule has 0 bridgehead atoms. The third kappa shape index (κ3) is 5.44. The molecule has 1 nitrogen and oxygen atoms in total. The van der Waals surface area contributed by atoms with Crippen molar-refractivity contribution in [3.8, 4) is 0 Å². The summed E-state index contributed by atoms with van der Waals surface area (Å²) in [6.45, 7) is 9.23. The van der Waals surface area contributed by atoms with Crippen LogP contribution in [0.15, 0.2) is 34.7 Å². The molecule has 1 rings (SSSR count). The third-order valence-electron chi connectivity index (χ3n) is 2.37. The van der Waals surface area contributed by atoms with E-state index in [1.54, 1.807) is 6.26 Å². The van der Waals surface area contributed by atoms with Gasteiger partial charge in [0.05, 0.1) is 6.26 Å². The van der Waals surface area contributed by atoms with Crippen LogP contribution in [0.25, 0.3) is 0 Å². The minimum Gasteiger partial charge on any atom is -0.469 e. The topological polar surface area (TPSA) is 13.1 Å². The van der Waals surface area contributed by atoms with Gasteiger partial charge in [0.15, 0.2) is 0 Å². The Morgan fingerprint density at radius 2 is 1.88 bits per heavy atom. The summed E-state index contributed by atoms with van der Waals surface area (Å²) in [5, 5.41) is 0.